The van der Waals surface area contributed by atoms with Crippen LogP contribution in [0.3, 0.4) is 0 Å². The lowest BCUT2D eigenvalue weighted by Gasteiger charge is -2.03. The topological polar surface area (TPSA) is 51.2 Å². The summed E-state index contributed by atoms with van der Waals surface area (Å²) < 4.78 is 6.79. The van der Waals surface area contributed by atoms with E-state index in [1.165, 1.54) is 28.2 Å². The van der Waals surface area contributed by atoms with E-state index in [9.17, 15) is 4.79 Å². The molecule has 0 aliphatic heterocycles. The second kappa shape index (κ2) is 7.27. The quantitative estimate of drug-likeness (QED) is 0.497. The first-order valence-electron chi connectivity index (χ1n) is 8.11. The predicted octanol–water partition coefficient (Wildman–Crippen LogP) is 5.50. The van der Waals surface area contributed by atoms with Crippen molar-refractivity contribution in [1.29, 1.82) is 0 Å². The fourth-order valence-corrected chi connectivity index (χ4v) is 4.25. The van der Waals surface area contributed by atoms with Crippen molar-refractivity contribution in [1.82, 2.24) is 4.98 Å². The minimum Gasteiger partial charge on any atom is -0.489 e. The Kier molecular flexibility index (Phi) is 4.69. The molecule has 1 amide bonds. The molecule has 0 radical (unpaired) electrons. The molecule has 26 heavy (non-hydrogen) atoms. The molecule has 6 heteroatoms. The first-order valence-corrected chi connectivity index (χ1v) is 9.81. The number of nitrogens with zero attached hydrogens (tertiary/aromatic N) is 1. The summed E-state index contributed by atoms with van der Waals surface area (Å²) >= 11 is 2.89. The Bertz CT molecular complexity index is 1050. The molecule has 2 aromatic carbocycles. The molecule has 0 aliphatic carbocycles. The van der Waals surface area contributed by atoms with Crippen LogP contribution in [0.2, 0.25) is 0 Å². The first-order chi connectivity index (χ1) is 12.7. The van der Waals surface area contributed by atoms with Gasteiger partial charge in [-0.25, -0.2) is 4.98 Å². The summed E-state index contributed by atoms with van der Waals surface area (Å²) in [4.78, 5) is 17.6. The van der Waals surface area contributed by atoms with Crippen molar-refractivity contribution in [2.75, 3.05) is 5.32 Å². The molecule has 0 fully saturated rings. The number of benzene rings is 2. The van der Waals surface area contributed by atoms with Crippen LogP contribution in [0.4, 0.5) is 5.13 Å². The van der Waals surface area contributed by atoms with Crippen LogP contribution >= 0.6 is 22.7 Å². The number of aryl methyl sites for hydroxylation is 1. The number of para-hydroxylation sites is 1. The van der Waals surface area contributed by atoms with E-state index in [0.717, 1.165) is 21.5 Å². The van der Waals surface area contributed by atoms with E-state index in [1.807, 2.05) is 60.8 Å². The van der Waals surface area contributed by atoms with Gasteiger partial charge in [-0.05, 0) is 48.2 Å². The molecule has 0 saturated carbocycles. The number of carbonyl (C=O) groups excluding carboxylic acids is 1. The predicted molar refractivity (Wildman–Crippen MR) is 107 cm³/mol. The maximum absolute atomic E-state index is 12.5. The Hall–Kier alpha value is -2.70. The third kappa shape index (κ3) is 3.76. The second-order valence-corrected chi connectivity index (χ2v) is 7.81. The Morgan fingerprint density at radius 3 is 2.85 bits per heavy atom. The van der Waals surface area contributed by atoms with Crippen LogP contribution in [-0.2, 0) is 6.61 Å². The number of fused-ring (bicyclic) bond motifs is 1. The molecule has 2 heterocycles. The first kappa shape index (κ1) is 16.8. The summed E-state index contributed by atoms with van der Waals surface area (Å²) in [6.45, 7) is 2.48. The summed E-state index contributed by atoms with van der Waals surface area (Å²) in [6.07, 6.45) is 0. The van der Waals surface area contributed by atoms with Gasteiger partial charge in [-0.1, -0.05) is 35.6 Å². The van der Waals surface area contributed by atoms with E-state index in [-0.39, 0.29) is 5.91 Å². The molecule has 4 nitrogen and oxygen atoms in total. The summed E-state index contributed by atoms with van der Waals surface area (Å²) in [5.74, 6) is 0.672. The molecule has 2 aromatic heterocycles. The average Bonchev–Trinajstić information content (AvgIpc) is 3.27. The van der Waals surface area contributed by atoms with E-state index in [1.54, 1.807) is 0 Å². The number of ether oxygens (including phenoxy) is 1. The third-order valence-electron chi connectivity index (χ3n) is 3.79. The number of hydrogen-bond acceptors (Lipinski definition) is 5. The van der Waals surface area contributed by atoms with Gasteiger partial charge in [-0.2, -0.15) is 0 Å². The van der Waals surface area contributed by atoms with Crippen LogP contribution in [0.15, 0.2) is 60.0 Å². The van der Waals surface area contributed by atoms with Crippen LogP contribution in [0.5, 0.6) is 5.75 Å². The molecular formula is C20H16N2O2S2. The van der Waals surface area contributed by atoms with E-state index in [2.05, 4.69) is 16.4 Å². The smallest absolute Gasteiger partial charge is 0.267 e. The summed E-state index contributed by atoms with van der Waals surface area (Å²) in [5, 5.41) is 5.45. The lowest BCUT2D eigenvalue weighted by Crippen LogP contribution is -2.09. The molecule has 4 aromatic rings. The van der Waals surface area contributed by atoms with Gasteiger partial charge in [0.1, 0.15) is 12.4 Å². The van der Waals surface area contributed by atoms with Gasteiger partial charge >= 0.3 is 0 Å². The van der Waals surface area contributed by atoms with Crippen molar-refractivity contribution >= 4 is 43.9 Å². The Morgan fingerprint density at radius 1 is 1.15 bits per heavy atom. The molecule has 0 aliphatic rings. The molecule has 130 valence electrons. The van der Waals surface area contributed by atoms with E-state index in [4.69, 9.17) is 4.74 Å². The zero-order chi connectivity index (χ0) is 17.9. The summed E-state index contributed by atoms with van der Waals surface area (Å²) in [7, 11) is 0. The maximum Gasteiger partial charge on any atom is 0.267 e. The minimum atomic E-state index is -0.142. The fourth-order valence-electron chi connectivity index (χ4n) is 2.50. The highest BCUT2D eigenvalue weighted by atomic mass is 32.1. The lowest BCUT2D eigenvalue weighted by molar-refractivity contribution is 0.103. The van der Waals surface area contributed by atoms with Crippen LogP contribution in [0, 0.1) is 6.92 Å². The van der Waals surface area contributed by atoms with Gasteiger partial charge in [0.25, 0.3) is 5.91 Å². The number of amides is 1. The fraction of sp³-hybridized carbons (Fsp3) is 0.100. The van der Waals surface area contributed by atoms with Gasteiger partial charge in [0, 0.05) is 5.56 Å². The highest BCUT2D eigenvalue weighted by Crippen LogP contribution is 2.27. The van der Waals surface area contributed by atoms with E-state index in [0.29, 0.717) is 16.6 Å². The number of rotatable bonds is 5. The number of anilines is 1. The number of nitrogens with one attached hydrogen (secondary N) is 1. The zero-order valence-electron chi connectivity index (χ0n) is 14.1. The molecule has 4 rings (SSSR count). The number of carbonyl (C=O) groups is 1. The van der Waals surface area contributed by atoms with Crippen molar-refractivity contribution in [2.24, 2.45) is 0 Å². The Labute approximate surface area is 159 Å². The van der Waals surface area contributed by atoms with Crippen molar-refractivity contribution in [3.63, 3.8) is 0 Å². The van der Waals surface area contributed by atoms with Gasteiger partial charge in [-0.3, -0.25) is 10.1 Å². The van der Waals surface area contributed by atoms with Crippen molar-refractivity contribution in [3.05, 3.63) is 76.0 Å². The summed E-state index contributed by atoms with van der Waals surface area (Å²) in [5.41, 5.74) is 3.06. The highest BCUT2D eigenvalue weighted by Gasteiger charge is 2.12. The monoisotopic (exact) mass is 380 g/mol. The van der Waals surface area contributed by atoms with Gasteiger partial charge in [-0.15, -0.1) is 11.3 Å². The van der Waals surface area contributed by atoms with Crippen LogP contribution in [0.25, 0.3) is 10.2 Å². The number of aromatic nitrogens is 1. The number of thiazole rings is 1. The highest BCUT2D eigenvalue weighted by molar-refractivity contribution is 7.22. The molecule has 0 bridgehead atoms. The van der Waals surface area contributed by atoms with Gasteiger partial charge in [0.05, 0.1) is 15.1 Å². The lowest BCUT2D eigenvalue weighted by atomic mass is 10.2. The molecule has 0 unspecified atom stereocenters. The third-order valence-corrected chi connectivity index (χ3v) is 5.70. The van der Waals surface area contributed by atoms with Gasteiger partial charge < -0.3 is 4.74 Å². The van der Waals surface area contributed by atoms with Gasteiger partial charge in [0.2, 0.25) is 0 Å². The molecular weight excluding hydrogens is 364 g/mol. The van der Waals surface area contributed by atoms with Crippen molar-refractivity contribution in [2.45, 2.75) is 13.5 Å². The van der Waals surface area contributed by atoms with Crippen LogP contribution in [0.1, 0.15) is 20.8 Å². The van der Waals surface area contributed by atoms with E-state index < -0.39 is 0 Å². The molecule has 0 saturated heterocycles. The molecule has 1 N–H and O–H groups in total. The zero-order valence-corrected chi connectivity index (χ0v) is 15.7. The number of hydrogen-bond donors (Lipinski definition) is 1. The van der Waals surface area contributed by atoms with Crippen LogP contribution < -0.4 is 10.1 Å². The molecule has 0 spiro atoms. The largest absolute Gasteiger partial charge is 0.489 e. The summed E-state index contributed by atoms with van der Waals surface area (Å²) in [6, 6.07) is 17.6. The van der Waals surface area contributed by atoms with E-state index >= 15 is 0 Å². The van der Waals surface area contributed by atoms with Gasteiger partial charge in [0.15, 0.2) is 5.13 Å². The van der Waals surface area contributed by atoms with Crippen molar-refractivity contribution < 1.29 is 9.53 Å². The average molecular weight is 380 g/mol. The second-order valence-electron chi connectivity index (χ2n) is 5.87. The van der Waals surface area contributed by atoms with Crippen molar-refractivity contribution in [3.8, 4) is 5.75 Å². The standard InChI is InChI=1S/C20H16N2O2S2/c1-13-7-8-16-17(9-13)26-20(21-16)22-19(23)18-10-14(12-25-18)11-24-15-5-3-2-4-6-15/h2-10,12H,11H2,1H3,(H,21,22,23). The Balaban J connectivity index is 1.42. The number of thiophene rings is 1. The Morgan fingerprint density at radius 2 is 2.00 bits per heavy atom. The minimum absolute atomic E-state index is 0.142. The maximum atomic E-state index is 12.5. The SMILES string of the molecule is Cc1ccc2nc(NC(=O)c3cc(COc4ccccc4)cs3)sc2c1. The molecule has 0 atom stereocenters. The normalized spacial score (nSPS) is 10.8. The van der Waals surface area contributed by atoms with Crippen LogP contribution in [-0.4, -0.2) is 10.9 Å².